The average molecular weight is 491 g/mol. The molecule has 0 saturated heterocycles. The van der Waals surface area contributed by atoms with Crippen LogP contribution in [0, 0.1) is 6.92 Å². The van der Waals surface area contributed by atoms with Crippen molar-refractivity contribution in [3.8, 4) is 11.1 Å². The number of aryl methyl sites for hydroxylation is 1. The van der Waals surface area contributed by atoms with Crippen molar-refractivity contribution in [3.63, 3.8) is 0 Å². The van der Waals surface area contributed by atoms with Gasteiger partial charge in [-0.2, -0.15) is 0 Å². The highest BCUT2D eigenvalue weighted by Crippen LogP contribution is 2.40. The fourth-order valence-corrected chi connectivity index (χ4v) is 5.03. The summed E-state index contributed by atoms with van der Waals surface area (Å²) < 4.78 is 0. The second kappa shape index (κ2) is 10.3. The Hall–Kier alpha value is -4.82. The summed E-state index contributed by atoms with van der Waals surface area (Å²) in [6.45, 7) is 2.12. The predicted octanol–water partition coefficient (Wildman–Crippen LogP) is 10.1. The SMILES string of the molecule is Cc1ccc(N(C)c2ccc(N(c3cccc(-c4ccccc4)c3)c3cccc4ccccc34)cc2)cc1. The van der Waals surface area contributed by atoms with Crippen molar-refractivity contribution in [2.75, 3.05) is 16.8 Å². The maximum absolute atomic E-state index is 2.37. The topological polar surface area (TPSA) is 6.48 Å². The van der Waals surface area contributed by atoms with Gasteiger partial charge in [0.25, 0.3) is 0 Å². The third kappa shape index (κ3) is 4.65. The molecule has 0 saturated carbocycles. The molecule has 0 aromatic heterocycles. The molecule has 0 spiro atoms. The van der Waals surface area contributed by atoms with E-state index in [1.165, 1.54) is 33.2 Å². The van der Waals surface area contributed by atoms with Crippen molar-refractivity contribution in [2.45, 2.75) is 6.92 Å². The van der Waals surface area contributed by atoms with E-state index in [2.05, 4.69) is 169 Å². The van der Waals surface area contributed by atoms with Gasteiger partial charge in [-0.3, -0.25) is 0 Å². The molecule has 0 N–H and O–H groups in total. The Labute approximate surface area is 225 Å². The predicted molar refractivity (Wildman–Crippen MR) is 163 cm³/mol. The summed E-state index contributed by atoms with van der Waals surface area (Å²) in [4.78, 5) is 4.59. The maximum Gasteiger partial charge on any atom is 0.0540 e. The van der Waals surface area contributed by atoms with Gasteiger partial charge >= 0.3 is 0 Å². The molecule has 6 aromatic carbocycles. The van der Waals surface area contributed by atoms with Crippen LogP contribution >= 0.6 is 0 Å². The number of anilines is 5. The molecule has 6 aromatic rings. The van der Waals surface area contributed by atoms with Crippen LogP contribution < -0.4 is 9.80 Å². The summed E-state index contributed by atoms with van der Waals surface area (Å²) in [6, 6.07) is 52.0. The van der Waals surface area contributed by atoms with Gasteiger partial charge in [-0.15, -0.1) is 0 Å². The molecule has 6 rings (SSSR count). The van der Waals surface area contributed by atoms with Gasteiger partial charge in [0, 0.05) is 35.2 Å². The van der Waals surface area contributed by atoms with E-state index < -0.39 is 0 Å². The zero-order chi connectivity index (χ0) is 25.9. The van der Waals surface area contributed by atoms with E-state index in [-0.39, 0.29) is 0 Å². The monoisotopic (exact) mass is 490 g/mol. The second-order valence-corrected chi connectivity index (χ2v) is 9.66. The Morgan fingerprint density at radius 3 is 1.79 bits per heavy atom. The number of nitrogens with zero attached hydrogens (tertiary/aromatic N) is 2. The minimum atomic E-state index is 1.12. The first-order valence-electron chi connectivity index (χ1n) is 13.0. The number of hydrogen-bond acceptors (Lipinski definition) is 2. The van der Waals surface area contributed by atoms with Crippen LogP contribution in [-0.2, 0) is 0 Å². The van der Waals surface area contributed by atoms with Gasteiger partial charge in [-0.05, 0) is 78.0 Å². The third-order valence-corrected chi connectivity index (χ3v) is 7.14. The van der Waals surface area contributed by atoms with Gasteiger partial charge < -0.3 is 9.80 Å². The van der Waals surface area contributed by atoms with E-state index in [0.29, 0.717) is 0 Å². The van der Waals surface area contributed by atoms with Crippen molar-refractivity contribution < 1.29 is 0 Å². The zero-order valence-electron chi connectivity index (χ0n) is 21.8. The summed E-state index contributed by atoms with van der Waals surface area (Å²) in [6.07, 6.45) is 0. The molecule has 0 heterocycles. The molecule has 38 heavy (non-hydrogen) atoms. The minimum absolute atomic E-state index is 1.12. The van der Waals surface area contributed by atoms with Crippen LogP contribution in [0.4, 0.5) is 28.4 Å². The van der Waals surface area contributed by atoms with Gasteiger partial charge in [0.05, 0.1) is 5.69 Å². The largest absolute Gasteiger partial charge is 0.345 e. The first kappa shape index (κ1) is 23.6. The molecule has 0 bridgehead atoms. The normalized spacial score (nSPS) is 10.9. The maximum atomic E-state index is 2.37. The van der Waals surface area contributed by atoms with Crippen molar-refractivity contribution in [2.24, 2.45) is 0 Å². The Balaban J connectivity index is 1.46. The summed E-state index contributed by atoms with van der Waals surface area (Å²) in [5, 5.41) is 2.45. The molecule has 0 radical (unpaired) electrons. The zero-order valence-corrected chi connectivity index (χ0v) is 21.8. The van der Waals surface area contributed by atoms with Crippen LogP contribution in [0.5, 0.6) is 0 Å². The summed E-state index contributed by atoms with van der Waals surface area (Å²) in [5.74, 6) is 0. The number of rotatable bonds is 6. The molecule has 0 unspecified atom stereocenters. The van der Waals surface area contributed by atoms with Crippen LogP contribution in [0.3, 0.4) is 0 Å². The molecule has 2 nitrogen and oxygen atoms in total. The third-order valence-electron chi connectivity index (χ3n) is 7.14. The lowest BCUT2D eigenvalue weighted by atomic mass is 10.0. The fraction of sp³-hybridized carbons (Fsp3) is 0.0556. The number of fused-ring (bicyclic) bond motifs is 1. The molecule has 0 aliphatic heterocycles. The van der Waals surface area contributed by atoms with Crippen LogP contribution in [-0.4, -0.2) is 7.05 Å². The first-order valence-corrected chi connectivity index (χ1v) is 13.0. The first-order chi connectivity index (χ1) is 18.7. The van der Waals surface area contributed by atoms with Gasteiger partial charge in [0.2, 0.25) is 0 Å². The highest BCUT2D eigenvalue weighted by Gasteiger charge is 2.16. The van der Waals surface area contributed by atoms with E-state index in [1.54, 1.807) is 0 Å². The van der Waals surface area contributed by atoms with E-state index in [9.17, 15) is 0 Å². The molecular weight excluding hydrogens is 460 g/mol. The minimum Gasteiger partial charge on any atom is -0.345 e. The van der Waals surface area contributed by atoms with E-state index in [0.717, 1.165) is 22.7 Å². The van der Waals surface area contributed by atoms with Crippen molar-refractivity contribution >= 4 is 39.2 Å². The van der Waals surface area contributed by atoms with Crippen LogP contribution in [0.15, 0.2) is 146 Å². The van der Waals surface area contributed by atoms with Gasteiger partial charge in [-0.25, -0.2) is 0 Å². The second-order valence-electron chi connectivity index (χ2n) is 9.66. The summed E-state index contributed by atoms with van der Waals surface area (Å²) in [7, 11) is 2.12. The quantitative estimate of drug-likeness (QED) is 0.229. The van der Waals surface area contributed by atoms with Crippen molar-refractivity contribution in [1.29, 1.82) is 0 Å². The molecule has 0 aliphatic carbocycles. The Bertz CT molecular complexity index is 1660. The Kier molecular flexibility index (Phi) is 6.37. The average Bonchev–Trinajstić information content (AvgIpc) is 2.98. The standard InChI is InChI=1S/C36H30N2/c1-27-18-20-31(21-19-27)37(2)32-22-24-33(25-23-32)38(36-17-9-13-29-12-6-7-16-35(29)36)34-15-8-14-30(26-34)28-10-4-3-5-11-28/h3-26H,1-2H3. The lowest BCUT2D eigenvalue weighted by Crippen LogP contribution is -2.12. The smallest absolute Gasteiger partial charge is 0.0540 e. The molecule has 184 valence electrons. The Morgan fingerprint density at radius 1 is 0.447 bits per heavy atom. The molecule has 0 fully saturated rings. The summed E-state index contributed by atoms with van der Waals surface area (Å²) in [5.41, 5.74) is 9.40. The summed E-state index contributed by atoms with van der Waals surface area (Å²) >= 11 is 0. The highest BCUT2D eigenvalue weighted by atomic mass is 15.1. The molecule has 0 aliphatic rings. The van der Waals surface area contributed by atoms with E-state index in [1.807, 2.05) is 0 Å². The van der Waals surface area contributed by atoms with Crippen molar-refractivity contribution in [3.05, 3.63) is 151 Å². The van der Waals surface area contributed by atoms with Crippen LogP contribution in [0.1, 0.15) is 5.56 Å². The number of benzene rings is 6. The van der Waals surface area contributed by atoms with Gasteiger partial charge in [-0.1, -0.05) is 96.6 Å². The van der Waals surface area contributed by atoms with Crippen molar-refractivity contribution in [1.82, 2.24) is 0 Å². The highest BCUT2D eigenvalue weighted by molar-refractivity contribution is 5.99. The van der Waals surface area contributed by atoms with E-state index in [4.69, 9.17) is 0 Å². The molecule has 0 amide bonds. The lowest BCUT2D eigenvalue weighted by molar-refractivity contribution is 1.20. The van der Waals surface area contributed by atoms with Gasteiger partial charge in [0.15, 0.2) is 0 Å². The van der Waals surface area contributed by atoms with Gasteiger partial charge in [0.1, 0.15) is 0 Å². The lowest BCUT2D eigenvalue weighted by Gasteiger charge is -2.28. The molecule has 0 atom stereocenters. The Morgan fingerprint density at radius 2 is 1.03 bits per heavy atom. The fourth-order valence-electron chi connectivity index (χ4n) is 5.03. The molecule has 2 heteroatoms. The van der Waals surface area contributed by atoms with E-state index >= 15 is 0 Å². The number of hydrogen-bond donors (Lipinski definition) is 0. The van der Waals surface area contributed by atoms with Crippen LogP contribution in [0.2, 0.25) is 0 Å². The molecular formula is C36H30N2. The van der Waals surface area contributed by atoms with Crippen LogP contribution in [0.25, 0.3) is 21.9 Å².